The van der Waals surface area contributed by atoms with Crippen molar-refractivity contribution in [3.63, 3.8) is 0 Å². The van der Waals surface area contributed by atoms with Gasteiger partial charge in [-0.15, -0.1) is 11.6 Å². The van der Waals surface area contributed by atoms with Gasteiger partial charge in [0.05, 0.1) is 18.1 Å². The molecule has 5 heteroatoms. The molecule has 0 radical (unpaired) electrons. The van der Waals surface area contributed by atoms with Gasteiger partial charge in [-0.25, -0.2) is 0 Å². The van der Waals surface area contributed by atoms with Crippen LogP contribution in [0.1, 0.15) is 17.3 Å². The average molecular weight is 297 g/mol. The van der Waals surface area contributed by atoms with Gasteiger partial charge in [-0.1, -0.05) is 6.07 Å². The number of hydrogen-bond donors (Lipinski definition) is 0. The van der Waals surface area contributed by atoms with E-state index in [1.54, 1.807) is 0 Å². The van der Waals surface area contributed by atoms with Gasteiger partial charge in [0, 0.05) is 38.4 Å². The predicted molar refractivity (Wildman–Crippen MR) is 81.7 cm³/mol. The second-order valence-electron chi connectivity index (χ2n) is 5.38. The number of rotatable bonds is 3. The molecule has 1 aromatic rings. The molecule has 1 aliphatic heterocycles. The minimum Gasteiger partial charge on any atom is -0.378 e. The number of morpholine rings is 1. The van der Waals surface area contributed by atoms with Crippen molar-refractivity contribution >= 4 is 23.2 Å². The molecule has 0 N–H and O–H groups in total. The molecule has 1 aliphatic rings. The van der Waals surface area contributed by atoms with Gasteiger partial charge in [0.15, 0.2) is 0 Å². The van der Waals surface area contributed by atoms with Crippen molar-refractivity contribution in [2.45, 2.75) is 19.1 Å². The van der Waals surface area contributed by atoms with Gasteiger partial charge in [0.2, 0.25) is 0 Å². The summed E-state index contributed by atoms with van der Waals surface area (Å²) in [6.45, 7) is 3.13. The lowest BCUT2D eigenvalue weighted by molar-refractivity contribution is -0.0570. The smallest absolute Gasteiger partial charge is 0.254 e. The normalized spacial score (nSPS) is 22.7. The van der Waals surface area contributed by atoms with Gasteiger partial charge >= 0.3 is 0 Å². The third kappa shape index (κ3) is 3.44. The number of hydrogen-bond acceptors (Lipinski definition) is 3. The molecule has 4 nitrogen and oxygen atoms in total. The van der Waals surface area contributed by atoms with Crippen molar-refractivity contribution in [2.24, 2.45) is 0 Å². The first kappa shape index (κ1) is 15.1. The molecule has 1 saturated heterocycles. The molecule has 2 unspecified atom stereocenters. The van der Waals surface area contributed by atoms with E-state index in [0.717, 1.165) is 5.69 Å². The average Bonchev–Trinajstić information content (AvgIpc) is 2.45. The summed E-state index contributed by atoms with van der Waals surface area (Å²) in [5.74, 6) is 0.449. The maximum atomic E-state index is 12.6. The van der Waals surface area contributed by atoms with E-state index in [0.29, 0.717) is 24.5 Å². The molecule has 2 rings (SSSR count). The van der Waals surface area contributed by atoms with E-state index in [9.17, 15) is 4.79 Å². The fourth-order valence-corrected chi connectivity index (χ4v) is 2.57. The van der Waals surface area contributed by atoms with E-state index in [2.05, 4.69) is 0 Å². The molecule has 0 aromatic heterocycles. The zero-order valence-corrected chi connectivity index (χ0v) is 12.9. The summed E-state index contributed by atoms with van der Waals surface area (Å²) in [7, 11) is 3.92. The molecule has 1 amide bonds. The Morgan fingerprint density at radius 3 is 2.85 bits per heavy atom. The molecule has 1 fully saturated rings. The van der Waals surface area contributed by atoms with E-state index in [1.165, 1.54) is 0 Å². The van der Waals surface area contributed by atoms with Gasteiger partial charge < -0.3 is 14.5 Å². The zero-order valence-electron chi connectivity index (χ0n) is 12.2. The Balaban J connectivity index is 2.16. The number of alkyl halides is 1. The highest BCUT2D eigenvalue weighted by Crippen LogP contribution is 2.18. The first-order valence-corrected chi connectivity index (χ1v) is 7.32. The van der Waals surface area contributed by atoms with Crippen LogP contribution in [0, 0.1) is 0 Å². The number of benzene rings is 1. The summed E-state index contributed by atoms with van der Waals surface area (Å²) < 4.78 is 5.68. The monoisotopic (exact) mass is 296 g/mol. The number of carbonyl (C=O) groups excluding carboxylic acids is 1. The van der Waals surface area contributed by atoms with Crippen LogP contribution in [0.4, 0.5) is 5.69 Å². The van der Waals surface area contributed by atoms with Gasteiger partial charge in [-0.2, -0.15) is 0 Å². The quantitative estimate of drug-likeness (QED) is 0.802. The van der Waals surface area contributed by atoms with Crippen LogP contribution in [0.3, 0.4) is 0 Å². The van der Waals surface area contributed by atoms with Crippen LogP contribution in [0.25, 0.3) is 0 Å². The highest BCUT2D eigenvalue weighted by molar-refractivity contribution is 6.18. The lowest BCUT2D eigenvalue weighted by Gasteiger charge is -2.36. The van der Waals surface area contributed by atoms with Gasteiger partial charge in [-0.05, 0) is 25.1 Å². The molecule has 110 valence electrons. The SMILES string of the molecule is CC1CN(C(=O)c2cccc(N(C)C)c2)CC(CCl)O1. The highest BCUT2D eigenvalue weighted by atomic mass is 35.5. The summed E-state index contributed by atoms with van der Waals surface area (Å²) >= 11 is 5.86. The summed E-state index contributed by atoms with van der Waals surface area (Å²) in [6.07, 6.45) is -0.0603. The molecule has 1 heterocycles. The van der Waals surface area contributed by atoms with Crippen molar-refractivity contribution in [3.05, 3.63) is 29.8 Å². The topological polar surface area (TPSA) is 32.8 Å². The van der Waals surface area contributed by atoms with Crippen LogP contribution in [0.15, 0.2) is 24.3 Å². The Hall–Kier alpha value is -1.26. The predicted octanol–water partition coefficient (Wildman–Crippen LogP) is 2.22. The molecular formula is C15H21ClN2O2. The van der Waals surface area contributed by atoms with Gasteiger partial charge in [0.25, 0.3) is 5.91 Å². The zero-order chi connectivity index (χ0) is 14.7. The van der Waals surface area contributed by atoms with Gasteiger partial charge in [0.1, 0.15) is 0 Å². The van der Waals surface area contributed by atoms with Crippen LogP contribution in [0.2, 0.25) is 0 Å². The van der Waals surface area contributed by atoms with Crippen molar-refractivity contribution in [2.75, 3.05) is 38.0 Å². The number of nitrogens with zero attached hydrogens (tertiary/aromatic N) is 2. The number of amides is 1. The van der Waals surface area contributed by atoms with E-state index in [4.69, 9.17) is 16.3 Å². The fourth-order valence-electron chi connectivity index (χ4n) is 2.40. The van der Waals surface area contributed by atoms with Crippen molar-refractivity contribution in [1.82, 2.24) is 4.90 Å². The second kappa shape index (κ2) is 6.46. The minimum absolute atomic E-state index is 0.0217. The van der Waals surface area contributed by atoms with Crippen molar-refractivity contribution < 1.29 is 9.53 Å². The number of ether oxygens (including phenoxy) is 1. The van der Waals surface area contributed by atoms with Crippen molar-refractivity contribution in [1.29, 1.82) is 0 Å². The molecule has 0 bridgehead atoms. The Morgan fingerprint density at radius 1 is 1.45 bits per heavy atom. The molecule has 0 aliphatic carbocycles. The van der Waals surface area contributed by atoms with E-state index in [1.807, 2.05) is 55.1 Å². The Bertz CT molecular complexity index is 479. The number of carbonyl (C=O) groups is 1. The molecular weight excluding hydrogens is 276 g/mol. The number of anilines is 1. The first-order valence-electron chi connectivity index (χ1n) is 6.79. The van der Waals surface area contributed by atoms with Crippen LogP contribution in [0.5, 0.6) is 0 Å². The third-order valence-corrected chi connectivity index (χ3v) is 3.74. The van der Waals surface area contributed by atoms with E-state index in [-0.39, 0.29) is 18.1 Å². The summed E-state index contributed by atoms with van der Waals surface area (Å²) in [5, 5.41) is 0. The molecule has 0 saturated carbocycles. The molecule has 2 atom stereocenters. The summed E-state index contributed by atoms with van der Waals surface area (Å²) in [4.78, 5) is 16.4. The maximum Gasteiger partial charge on any atom is 0.254 e. The van der Waals surface area contributed by atoms with Crippen LogP contribution in [-0.4, -0.2) is 56.1 Å². The maximum absolute atomic E-state index is 12.6. The molecule has 0 spiro atoms. The fraction of sp³-hybridized carbons (Fsp3) is 0.533. The van der Waals surface area contributed by atoms with E-state index >= 15 is 0 Å². The van der Waals surface area contributed by atoms with Crippen molar-refractivity contribution in [3.8, 4) is 0 Å². The number of halogens is 1. The Labute approximate surface area is 125 Å². The molecule has 20 heavy (non-hydrogen) atoms. The third-order valence-electron chi connectivity index (χ3n) is 3.40. The largest absolute Gasteiger partial charge is 0.378 e. The standard InChI is InChI=1S/C15H21ClN2O2/c1-11-9-18(10-14(8-16)20-11)15(19)12-5-4-6-13(7-12)17(2)3/h4-7,11,14H,8-10H2,1-3H3. The van der Waals surface area contributed by atoms with E-state index < -0.39 is 0 Å². The second-order valence-corrected chi connectivity index (χ2v) is 5.69. The highest BCUT2D eigenvalue weighted by Gasteiger charge is 2.28. The van der Waals surface area contributed by atoms with Crippen LogP contribution < -0.4 is 4.90 Å². The summed E-state index contributed by atoms with van der Waals surface area (Å²) in [5.41, 5.74) is 1.73. The minimum atomic E-state index is -0.0820. The summed E-state index contributed by atoms with van der Waals surface area (Å²) in [6, 6.07) is 7.66. The van der Waals surface area contributed by atoms with Crippen LogP contribution in [-0.2, 0) is 4.74 Å². The Kier molecular flexibility index (Phi) is 4.89. The first-order chi connectivity index (χ1) is 9.51. The Morgan fingerprint density at radius 2 is 2.20 bits per heavy atom. The lowest BCUT2D eigenvalue weighted by atomic mass is 10.1. The van der Waals surface area contributed by atoms with Gasteiger partial charge in [-0.3, -0.25) is 4.79 Å². The lowest BCUT2D eigenvalue weighted by Crippen LogP contribution is -2.49. The molecule has 1 aromatic carbocycles. The van der Waals surface area contributed by atoms with Crippen LogP contribution >= 0.6 is 11.6 Å².